The fourth-order valence-electron chi connectivity index (χ4n) is 2.65. The van der Waals surface area contributed by atoms with Gasteiger partial charge in [-0.1, -0.05) is 56.6 Å². The van der Waals surface area contributed by atoms with Crippen LogP contribution in [0.15, 0.2) is 54.6 Å². The topological polar surface area (TPSA) is 59.0 Å². The van der Waals surface area contributed by atoms with E-state index >= 15 is 0 Å². The first kappa shape index (κ1) is 19.0. The third-order valence-corrected chi connectivity index (χ3v) is 4.40. The Labute approximate surface area is 164 Å². The summed E-state index contributed by atoms with van der Waals surface area (Å²) in [5.41, 5.74) is 3.20. The van der Waals surface area contributed by atoms with Crippen molar-refractivity contribution < 1.29 is 4.79 Å². The Morgan fingerprint density at radius 1 is 1.04 bits per heavy atom. The lowest BCUT2D eigenvalue weighted by atomic mass is 9.92. The van der Waals surface area contributed by atoms with Crippen LogP contribution in [-0.4, -0.2) is 15.8 Å². The predicted molar refractivity (Wildman–Crippen MR) is 111 cm³/mol. The number of urea groups is 1. The Kier molecular flexibility index (Phi) is 5.24. The van der Waals surface area contributed by atoms with E-state index in [0.717, 1.165) is 16.9 Å². The molecule has 140 valence electrons. The molecule has 27 heavy (non-hydrogen) atoms. The van der Waals surface area contributed by atoms with Crippen LogP contribution < -0.4 is 10.6 Å². The molecule has 3 rings (SSSR count). The maximum atomic E-state index is 12.5. The highest BCUT2D eigenvalue weighted by Crippen LogP contribution is 2.29. The number of hydrogen-bond donors (Lipinski definition) is 2. The zero-order valence-electron chi connectivity index (χ0n) is 15.9. The number of aryl methyl sites for hydroxylation is 1. The summed E-state index contributed by atoms with van der Waals surface area (Å²) in [6, 6.07) is 16.6. The minimum atomic E-state index is -0.339. The van der Waals surface area contributed by atoms with Crippen molar-refractivity contribution in [2.24, 2.45) is 0 Å². The molecule has 0 aliphatic carbocycles. The molecule has 2 N–H and O–H groups in total. The van der Waals surface area contributed by atoms with Crippen LogP contribution in [0.1, 0.15) is 32.0 Å². The van der Waals surface area contributed by atoms with Gasteiger partial charge in [0.05, 0.1) is 16.4 Å². The van der Waals surface area contributed by atoms with Crippen molar-refractivity contribution in [1.82, 2.24) is 9.78 Å². The first-order valence-electron chi connectivity index (χ1n) is 8.74. The van der Waals surface area contributed by atoms with Crippen LogP contribution in [0.4, 0.5) is 16.3 Å². The fourth-order valence-corrected chi connectivity index (χ4v) is 2.86. The van der Waals surface area contributed by atoms with Crippen LogP contribution in [-0.2, 0) is 5.41 Å². The lowest BCUT2D eigenvalue weighted by Crippen LogP contribution is -2.21. The number of carbonyl (C=O) groups excluding carboxylic acids is 1. The van der Waals surface area contributed by atoms with Crippen molar-refractivity contribution in [3.05, 3.63) is 70.9 Å². The molecule has 3 aromatic rings. The van der Waals surface area contributed by atoms with Gasteiger partial charge in [-0.15, -0.1) is 0 Å². The van der Waals surface area contributed by atoms with E-state index in [0.29, 0.717) is 16.5 Å². The van der Waals surface area contributed by atoms with Gasteiger partial charge in [0.15, 0.2) is 0 Å². The van der Waals surface area contributed by atoms with Crippen LogP contribution in [0.25, 0.3) is 5.69 Å². The van der Waals surface area contributed by atoms with Gasteiger partial charge in [0.25, 0.3) is 0 Å². The molecule has 0 atom stereocenters. The van der Waals surface area contributed by atoms with E-state index in [1.165, 1.54) is 0 Å². The molecule has 0 aliphatic heterocycles. The van der Waals surface area contributed by atoms with Crippen molar-refractivity contribution in [3.63, 3.8) is 0 Å². The summed E-state index contributed by atoms with van der Waals surface area (Å²) in [5, 5.41) is 11.0. The normalized spacial score (nSPS) is 11.3. The van der Waals surface area contributed by atoms with Gasteiger partial charge in [0, 0.05) is 17.2 Å². The van der Waals surface area contributed by atoms with Crippen LogP contribution >= 0.6 is 11.6 Å². The number of nitrogens with one attached hydrogen (secondary N) is 2. The Balaban J connectivity index is 1.93. The van der Waals surface area contributed by atoms with Crippen LogP contribution in [0.5, 0.6) is 0 Å². The number of anilines is 2. The Morgan fingerprint density at radius 2 is 1.78 bits per heavy atom. The summed E-state index contributed by atoms with van der Waals surface area (Å²) >= 11 is 6.35. The number of amides is 2. The molecule has 0 fully saturated rings. The SMILES string of the molecule is Cc1cccc(NC(=O)Nc2cc(C(C)(C)C)nn2-c2ccccc2Cl)c1. The third kappa shape index (κ3) is 4.49. The number of para-hydroxylation sites is 1. The lowest BCUT2D eigenvalue weighted by Gasteiger charge is -2.14. The Bertz CT molecular complexity index is 972. The third-order valence-electron chi connectivity index (χ3n) is 4.08. The number of hydrogen-bond acceptors (Lipinski definition) is 2. The number of aromatic nitrogens is 2. The minimum Gasteiger partial charge on any atom is -0.308 e. The summed E-state index contributed by atoms with van der Waals surface area (Å²) in [7, 11) is 0. The molecule has 6 heteroatoms. The van der Waals surface area contributed by atoms with E-state index < -0.39 is 0 Å². The highest BCUT2D eigenvalue weighted by atomic mass is 35.5. The Hall–Kier alpha value is -2.79. The minimum absolute atomic E-state index is 0.171. The molecule has 2 amide bonds. The summed E-state index contributed by atoms with van der Waals surface area (Å²) in [6.45, 7) is 8.19. The number of nitrogens with zero attached hydrogens (tertiary/aromatic N) is 2. The van der Waals surface area contributed by atoms with Gasteiger partial charge >= 0.3 is 6.03 Å². The molecule has 0 radical (unpaired) electrons. The molecule has 0 aliphatic rings. The molecule has 0 saturated carbocycles. The molecule has 5 nitrogen and oxygen atoms in total. The standard InChI is InChI=1S/C21H23ClN4O/c1-14-8-7-9-15(12-14)23-20(27)24-19-13-18(21(2,3)4)25-26(19)17-11-6-5-10-16(17)22/h5-13H,1-4H3,(H2,23,24,27). The summed E-state index contributed by atoms with van der Waals surface area (Å²) in [6.07, 6.45) is 0. The van der Waals surface area contributed by atoms with E-state index in [4.69, 9.17) is 11.6 Å². The van der Waals surface area contributed by atoms with E-state index in [1.807, 2.05) is 55.5 Å². The maximum Gasteiger partial charge on any atom is 0.324 e. The number of benzene rings is 2. The first-order valence-corrected chi connectivity index (χ1v) is 9.12. The summed E-state index contributed by atoms with van der Waals surface area (Å²) < 4.78 is 1.67. The highest BCUT2D eigenvalue weighted by Gasteiger charge is 2.22. The van der Waals surface area contributed by atoms with E-state index in [9.17, 15) is 4.79 Å². The van der Waals surface area contributed by atoms with Gasteiger partial charge in [0.1, 0.15) is 5.82 Å². The smallest absolute Gasteiger partial charge is 0.308 e. The quantitative estimate of drug-likeness (QED) is 0.603. The summed E-state index contributed by atoms with van der Waals surface area (Å²) in [5.74, 6) is 0.554. The molecule has 1 aromatic heterocycles. The van der Waals surface area contributed by atoms with Crippen molar-refractivity contribution in [3.8, 4) is 5.69 Å². The van der Waals surface area contributed by atoms with Crippen LogP contribution in [0.3, 0.4) is 0 Å². The second-order valence-corrected chi connectivity index (χ2v) is 7.88. The summed E-state index contributed by atoms with van der Waals surface area (Å²) in [4.78, 5) is 12.5. The molecular formula is C21H23ClN4O. The van der Waals surface area contributed by atoms with E-state index in [-0.39, 0.29) is 11.4 Å². The van der Waals surface area contributed by atoms with Gasteiger partial charge in [-0.3, -0.25) is 5.32 Å². The van der Waals surface area contributed by atoms with Crippen LogP contribution in [0.2, 0.25) is 5.02 Å². The molecule has 0 unspecified atom stereocenters. The number of rotatable bonds is 3. The Morgan fingerprint density at radius 3 is 2.44 bits per heavy atom. The molecule has 0 saturated heterocycles. The second kappa shape index (κ2) is 7.45. The zero-order valence-corrected chi connectivity index (χ0v) is 16.6. The molecule has 0 bridgehead atoms. The zero-order chi connectivity index (χ0) is 19.6. The van der Waals surface area contributed by atoms with Crippen molar-refractivity contribution >= 4 is 29.1 Å². The number of carbonyl (C=O) groups is 1. The second-order valence-electron chi connectivity index (χ2n) is 7.48. The van der Waals surface area contributed by atoms with Crippen molar-refractivity contribution in [2.75, 3.05) is 10.6 Å². The van der Waals surface area contributed by atoms with Gasteiger partial charge < -0.3 is 5.32 Å². The van der Waals surface area contributed by atoms with Gasteiger partial charge in [-0.05, 0) is 36.8 Å². The molecular weight excluding hydrogens is 360 g/mol. The largest absolute Gasteiger partial charge is 0.324 e. The van der Waals surface area contributed by atoms with Gasteiger partial charge in [-0.25, -0.2) is 9.48 Å². The van der Waals surface area contributed by atoms with Crippen LogP contribution in [0, 0.1) is 6.92 Å². The average Bonchev–Trinajstić information content (AvgIpc) is 2.99. The molecule has 0 spiro atoms. The maximum absolute atomic E-state index is 12.5. The predicted octanol–water partition coefficient (Wildman–Crippen LogP) is 5.78. The van der Waals surface area contributed by atoms with Gasteiger partial charge in [0.2, 0.25) is 0 Å². The van der Waals surface area contributed by atoms with E-state index in [2.05, 4.69) is 36.5 Å². The first-order chi connectivity index (χ1) is 12.7. The van der Waals surface area contributed by atoms with E-state index in [1.54, 1.807) is 10.7 Å². The average molecular weight is 383 g/mol. The highest BCUT2D eigenvalue weighted by molar-refractivity contribution is 6.32. The van der Waals surface area contributed by atoms with Crippen molar-refractivity contribution in [1.29, 1.82) is 0 Å². The number of halogens is 1. The molecule has 2 aromatic carbocycles. The molecule has 1 heterocycles. The lowest BCUT2D eigenvalue weighted by molar-refractivity contribution is 0.262. The van der Waals surface area contributed by atoms with Crippen molar-refractivity contribution in [2.45, 2.75) is 33.1 Å². The van der Waals surface area contributed by atoms with Gasteiger partial charge in [-0.2, -0.15) is 5.10 Å². The fraction of sp³-hybridized carbons (Fsp3) is 0.238. The monoisotopic (exact) mass is 382 g/mol.